The van der Waals surface area contributed by atoms with Gasteiger partial charge in [0.2, 0.25) is 0 Å². The Kier molecular flexibility index (Phi) is 49.1. The van der Waals surface area contributed by atoms with E-state index in [2.05, 4.69) is 106 Å². The minimum Gasteiger partial charge on any atom is -0.462 e. The zero-order chi connectivity index (χ0) is 47.2. The summed E-state index contributed by atoms with van der Waals surface area (Å²) in [5.41, 5.74) is 0. The second-order valence-corrected chi connectivity index (χ2v) is 16.8. The van der Waals surface area contributed by atoms with Crippen LogP contribution in [-0.4, -0.2) is 37.2 Å². The molecule has 0 fully saturated rings. The fourth-order valence-electron chi connectivity index (χ4n) is 6.66. The van der Waals surface area contributed by atoms with E-state index in [-0.39, 0.29) is 44.0 Å². The van der Waals surface area contributed by atoms with Crippen LogP contribution in [0.15, 0.2) is 122 Å². The van der Waals surface area contributed by atoms with Crippen LogP contribution in [-0.2, 0) is 28.6 Å². The highest BCUT2D eigenvalue weighted by Crippen LogP contribution is 2.13. The summed E-state index contributed by atoms with van der Waals surface area (Å²) >= 11 is 0. The first-order chi connectivity index (χ1) is 32.0. The maximum atomic E-state index is 12.8. The van der Waals surface area contributed by atoms with Crippen molar-refractivity contribution >= 4 is 17.9 Å². The molecule has 6 heteroatoms. The first-order valence-corrected chi connectivity index (χ1v) is 26.1. The Hall–Kier alpha value is -4.19. The molecule has 0 saturated carbocycles. The predicted octanol–water partition coefficient (Wildman–Crippen LogP) is 17.3. The Balaban J connectivity index is 4.51. The minimum absolute atomic E-state index is 0.117. The summed E-state index contributed by atoms with van der Waals surface area (Å²) in [5.74, 6) is -1.02. The van der Waals surface area contributed by atoms with Gasteiger partial charge < -0.3 is 14.2 Å². The van der Waals surface area contributed by atoms with Crippen molar-refractivity contribution in [3.05, 3.63) is 122 Å². The van der Waals surface area contributed by atoms with Crippen LogP contribution in [0.4, 0.5) is 0 Å². The van der Waals surface area contributed by atoms with E-state index in [1.165, 1.54) is 57.8 Å². The van der Waals surface area contributed by atoms with Gasteiger partial charge in [0.15, 0.2) is 6.10 Å². The Bertz CT molecular complexity index is 1400. The van der Waals surface area contributed by atoms with Crippen molar-refractivity contribution in [2.24, 2.45) is 0 Å². The summed E-state index contributed by atoms with van der Waals surface area (Å²) in [5, 5.41) is 0. The lowest BCUT2D eigenvalue weighted by Crippen LogP contribution is -2.30. The van der Waals surface area contributed by atoms with E-state index in [0.717, 1.165) is 109 Å². The fraction of sp³-hybridized carbons (Fsp3) is 0.610. The average molecular weight is 899 g/mol. The smallest absolute Gasteiger partial charge is 0.306 e. The van der Waals surface area contributed by atoms with Crippen LogP contribution in [0.25, 0.3) is 0 Å². The van der Waals surface area contributed by atoms with E-state index in [1.54, 1.807) is 0 Å². The Morgan fingerprint density at radius 2 is 0.708 bits per heavy atom. The van der Waals surface area contributed by atoms with E-state index in [0.29, 0.717) is 12.8 Å². The van der Waals surface area contributed by atoms with Crippen molar-refractivity contribution in [2.45, 2.75) is 219 Å². The molecule has 6 nitrogen and oxygen atoms in total. The first-order valence-electron chi connectivity index (χ1n) is 26.1. The van der Waals surface area contributed by atoms with Gasteiger partial charge in [-0.2, -0.15) is 0 Å². The highest BCUT2D eigenvalue weighted by Gasteiger charge is 2.19. The summed E-state index contributed by atoms with van der Waals surface area (Å²) in [6.07, 6.45) is 71.9. The maximum absolute atomic E-state index is 12.8. The highest BCUT2D eigenvalue weighted by molar-refractivity contribution is 5.71. The summed E-state index contributed by atoms with van der Waals surface area (Å²) in [6.45, 7) is 6.33. The van der Waals surface area contributed by atoms with Gasteiger partial charge in [-0.15, -0.1) is 0 Å². The van der Waals surface area contributed by atoms with Crippen LogP contribution < -0.4 is 0 Å². The highest BCUT2D eigenvalue weighted by atomic mass is 16.6. The zero-order valence-corrected chi connectivity index (χ0v) is 41.7. The molecule has 0 aliphatic heterocycles. The number of esters is 3. The van der Waals surface area contributed by atoms with Crippen molar-refractivity contribution < 1.29 is 28.6 Å². The van der Waals surface area contributed by atoms with Gasteiger partial charge in [-0.25, -0.2) is 0 Å². The van der Waals surface area contributed by atoms with Crippen molar-refractivity contribution in [2.75, 3.05) is 13.2 Å². The summed E-state index contributed by atoms with van der Waals surface area (Å²) in [6, 6.07) is 0. The molecular weight excluding hydrogens is 805 g/mol. The van der Waals surface area contributed by atoms with E-state index in [4.69, 9.17) is 14.2 Å². The number of carbonyl (C=O) groups is 3. The molecule has 0 bridgehead atoms. The molecule has 0 saturated heterocycles. The molecule has 65 heavy (non-hydrogen) atoms. The van der Waals surface area contributed by atoms with Gasteiger partial charge in [0.1, 0.15) is 13.2 Å². The molecule has 0 aromatic rings. The molecule has 0 spiro atoms. The van der Waals surface area contributed by atoms with Crippen LogP contribution in [0.3, 0.4) is 0 Å². The van der Waals surface area contributed by atoms with Crippen molar-refractivity contribution in [3.8, 4) is 0 Å². The third kappa shape index (κ3) is 50.7. The van der Waals surface area contributed by atoms with Crippen molar-refractivity contribution in [3.63, 3.8) is 0 Å². The Labute approximate surface area is 399 Å². The summed E-state index contributed by atoms with van der Waals surface area (Å²) in [7, 11) is 0. The van der Waals surface area contributed by atoms with Crippen LogP contribution in [0.2, 0.25) is 0 Å². The molecule has 0 aliphatic carbocycles. The summed E-state index contributed by atoms with van der Waals surface area (Å²) in [4.78, 5) is 38.0. The van der Waals surface area contributed by atoms with Crippen LogP contribution in [0.1, 0.15) is 213 Å². The molecule has 0 heterocycles. The van der Waals surface area contributed by atoms with E-state index >= 15 is 0 Å². The Morgan fingerprint density at radius 3 is 1.20 bits per heavy atom. The molecular formula is C59H94O6. The monoisotopic (exact) mass is 899 g/mol. The molecule has 0 N–H and O–H groups in total. The van der Waals surface area contributed by atoms with Gasteiger partial charge in [-0.05, 0) is 89.9 Å². The van der Waals surface area contributed by atoms with Crippen molar-refractivity contribution in [1.29, 1.82) is 0 Å². The average Bonchev–Trinajstić information content (AvgIpc) is 3.30. The van der Waals surface area contributed by atoms with Gasteiger partial charge in [0.05, 0.1) is 0 Å². The number of carbonyl (C=O) groups excluding carboxylic acids is 3. The van der Waals surface area contributed by atoms with E-state index < -0.39 is 6.10 Å². The molecule has 0 rings (SSSR count). The standard InChI is InChI=1S/C59H94O6/c1-4-7-10-13-16-19-22-24-26-28-30-32-34-37-40-43-46-49-52-58(61)64-55-56(54-63-57(60)51-48-45-42-39-36-21-18-15-12-9-6-3)65-59(62)53-50-47-44-41-38-35-33-31-29-27-25-23-20-17-14-11-8-5-2/h9-10,12-13,16,18-19,21-22,24,26-33,39,42,56H,4-8,11,14-15,17,20,23,25,34-38,40-41,43-55H2,1-3H3/b12-9-,13-10-,19-16-,21-18-,24-22-,28-26-,29-27-,32-30-,33-31-,42-39-. The number of hydrogen-bond acceptors (Lipinski definition) is 6. The second kappa shape index (κ2) is 52.4. The molecule has 0 aromatic carbocycles. The topological polar surface area (TPSA) is 78.9 Å². The minimum atomic E-state index is -0.820. The molecule has 0 aromatic heterocycles. The molecule has 0 aliphatic rings. The van der Waals surface area contributed by atoms with Gasteiger partial charge in [0, 0.05) is 19.3 Å². The third-order valence-corrected chi connectivity index (χ3v) is 10.6. The molecule has 1 unspecified atom stereocenters. The molecule has 0 amide bonds. The number of allylic oxidation sites excluding steroid dienone is 20. The van der Waals surface area contributed by atoms with E-state index in [1.807, 2.05) is 36.5 Å². The fourth-order valence-corrected chi connectivity index (χ4v) is 6.66. The lowest BCUT2D eigenvalue weighted by atomic mass is 10.1. The van der Waals surface area contributed by atoms with Gasteiger partial charge >= 0.3 is 17.9 Å². The lowest BCUT2D eigenvalue weighted by molar-refractivity contribution is -0.167. The van der Waals surface area contributed by atoms with Crippen LogP contribution in [0.5, 0.6) is 0 Å². The first kappa shape index (κ1) is 60.8. The molecule has 0 radical (unpaired) electrons. The van der Waals surface area contributed by atoms with Gasteiger partial charge in [-0.3, -0.25) is 14.4 Å². The molecule has 366 valence electrons. The SMILES string of the molecule is CC/C=C\C/C=C\C/C=C\CCCC(=O)OCC(COC(=O)CCCCCCC\C=C/C=C\C=C/C=C\C=C/CCC)OC(=O)CCCCCCC/C=C\C=C/CCCCCCCCC. The number of ether oxygens (including phenoxy) is 3. The predicted molar refractivity (Wildman–Crippen MR) is 279 cm³/mol. The number of unbranched alkanes of at least 4 members (excludes halogenated alkanes) is 19. The quantitative estimate of drug-likeness (QED) is 0.0199. The number of hydrogen-bond donors (Lipinski definition) is 0. The largest absolute Gasteiger partial charge is 0.462 e. The third-order valence-electron chi connectivity index (χ3n) is 10.6. The Morgan fingerprint density at radius 1 is 0.338 bits per heavy atom. The van der Waals surface area contributed by atoms with Crippen LogP contribution >= 0.6 is 0 Å². The van der Waals surface area contributed by atoms with Gasteiger partial charge in [0.25, 0.3) is 0 Å². The van der Waals surface area contributed by atoms with Gasteiger partial charge in [-0.1, -0.05) is 226 Å². The van der Waals surface area contributed by atoms with Crippen LogP contribution in [0, 0.1) is 0 Å². The normalized spacial score (nSPS) is 13.1. The van der Waals surface area contributed by atoms with Crippen molar-refractivity contribution in [1.82, 2.24) is 0 Å². The maximum Gasteiger partial charge on any atom is 0.306 e. The summed E-state index contributed by atoms with van der Waals surface area (Å²) < 4.78 is 16.7. The molecule has 1 atom stereocenters. The van der Waals surface area contributed by atoms with E-state index in [9.17, 15) is 14.4 Å². The number of rotatable bonds is 45. The second-order valence-electron chi connectivity index (χ2n) is 16.8. The zero-order valence-electron chi connectivity index (χ0n) is 41.7. The lowest BCUT2D eigenvalue weighted by Gasteiger charge is -2.18.